The summed E-state index contributed by atoms with van der Waals surface area (Å²) in [7, 11) is 6.50. The van der Waals surface area contributed by atoms with Crippen LogP contribution in [-0.2, 0) is 38.0 Å². The van der Waals surface area contributed by atoms with Gasteiger partial charge in [-0.2, -0.15) is 0 Å². The first-order valence-electron chi connectivity index (χ1n) is 15.6. The summed E-state index contributed by atoms with van der Waals surface area (Å²) in [6, 6.07) is 0. The summed E-state index contributed by atoms with van der Waals surface area (Å²) >= 11 is 0. The van der Waals surface area contributed by atoms with Crippen molar-refractivity contribution in [2.75, 3.05) is 108 Å². The molecule has 0 heterocycles. The van der Waals surface area contributed by atoms with Gasteiger partial charge in [-0.15, -0.1) is 0 Å². The average molecular weight is 713 g/mol. The van der Waals surface area contributed by atoms with Gasteiger partial charge in [-0.1, -0.05) is 47.1 Å². The number of allylic oxidation sites excluding steroid dienone is 8. The first-order chi connectivity index (χ1) is 23.3. The van der Waals surface area contributed by atoms with Crippen LogP contribution in [0, 0.1) is 0 Å². The number of carboxylic acids is 2. The van der Waals surface area contributed by atoms with Crippen LogP contribution in [0.5, 0.6) is 0 Å². The lowest BCUT2D eigenvalue weighted by Gasteiger charge is -2.01. The van der Waals surface area contributed by atoms with Gasteiger partial charge in [0.25, 0.3) is 0 Å². The van der Waals surface area contributed by atoms with E-state index in [0.717, 1.165) is 12.8 Å². The predicted molar refractivity (Wildman–Crippen MR) is 193 cm³/mol. The number of hydrogen-bond donors (Lipinski definition) is 6. The molecule has 0 rings (SSSR count). The standard InChI is InChI=1S/C15H24.2C6H14O4.C4H4O4.2C2H6O/c1-6-14(4)10-8-12-15(5)11-7-9-13(2)3;2*7-1-3-9-5-6-10-4-2-8;5-3(6)1-2-4(7)8;2*1-3-2/h6,8-10,12H,7,11H2,1-5H3;2*7-8H,1-6H2;1-2H,(H,5,6)(H,7,8);2*1-2H3/b;;;2-1-;;. The van der Waals surface area contributed by atoms with Gasteiger partial charge in [-0.3, -0.25) is 0 Å². The molecule has 0 aliphatic carbocycles. The van der Waals surface area contributed by atoms with Crippen molar-refractivity contribution in [2.45, 2.75) is 47.5 Å². The highest BCUT2D eigenvalue weighted by atomic mass is 16.5. The van der Waals surface area contributed by atoms with Crippen molar-refractivity contribution in [3.05, 3.63) is 59.3 Å². The van der Waals surface area contributed by atoms with Crippen LogP contribution in [0.25, 0.3) is 0 Å². The summed E-state index contributed by atoms with van der Waals surface area (Å²) < 4.78 is 28.0. The van der Waals surface area contributed by atoms with Crippen LogP contribution in [0.4, 0.5) is 0 Å². The lowest BCUT2D eigenvalue weighted by atomic mass is 10.1. The Morgan fingerprint density at radius 2 is 0.898 bits per heavy atom. The van der Waals surface area contributed by atoms with E-state index in [0.29, 0.717) is 65.0 Å². The van der Waals surface area contributed by atoms with Crippen LogP contribution in [-0.4, -0.2) is 150 Å². The molecule has 0 atom stereocenters. The number of aliphatic hydroxyl groups is 4. The molecular formula is C35H68O14. The largest absolute Gasteiger partial charge is 0.478 e. The molecule has 14 heteroatoms. The second-order valence-corrected chi connectivity index (χ2v) is 9.40. The maximum absolute atomic E-state index is 9.55. The van der Waals surface area contributed by atoms with Gasteiger partial charge in [0.05, 0.1) is 79.3 Å². The van der Waals surface area contributed by atoms with E-state index in [-0.39, 0.29) is 26.4 Å². The van der Waals surface area contributed by atoms with Crippen molar-refractivity contribution in [3.8, 4) is 0 Å². The third kappa shape index (κ3) is 92.5. The molecule has 0 aromatic rings. The Balaban J connectivity index is -0.000000122. The number of rotatable bonds is 21. The van der Waals surface area contributed by atoms with Crippen LogP contribution in [0.2, 0.25) is 0 Å². The third-order valence-corrected chi connectivity index (χ3v) is 4.34. The van der Waals surface area contributed by atoms with Crippen molar-refractivity contribution >= 4 is 11.9 Å². The Labute approximate surface area is 294 Å². The Kier molecular flexibility index (Phi) is 68.6. The van der Waals surface area contributed by atoms with E-state index in [9.17, 15) is 9.59 Å². The number of aliphatic carboxylic acids is 2. The monoisotopic (exact) mass is 712 g/mol. The van der Waals surface area contributed by atoms with E-state index >= 15 is 0 Å². The topological polar surface area (TPSA) is 211 Å². The third-order valence-electron chi connectivity index (χ3n) is 4.34. The van der Waals surface area contributed by atoms with Gasteiger partial charge in [-0.05, 0) is 47.5 Å². The smallest absolute Gasteiger partial charge is 0.328 e. The molecular weight excluding hydrogens is 644 g/mol. The van der Waals surface area contributed by atoms with E-state index in [2.05, 4.69) is 74.5 Å². The summed E-state index contributed by atoms with van der Waals surface area (Å²) in [5, 5.41) is 48.7. The van der Waals surface area contributed by atoms with Crippen LogP contribution in [0.15, 0.2) is 59.3 Å². The van der Waals surface area contributed by atoms with Crippen molar-refractivity contribution in [2.24, 2.45) is 0 Å². The maximum atomic E-state index is 9.55. The second kappa shape index (κ2) is 57.5. The molecule has 0 bridgehead atoms. The summed E-state index contributed by atoms with van der Waals surface area (Å²) in [5.74, 6) is -2.51. The maximum Gasteiger partial charge on any atom is 0.328 e. The molecule has 6 N–H and O–H groups in total. The van der Waals surface area contributed by atoms with Gasteiger partial charge in [0.2, 0.25) is 0 Å². The summed E-state index contributed by atoms with van der Waals surface area (Å²) in [6.07, 6.45) is 14.3. The van der Waals surface area contributed by atoms with Gasteiger partial charge in [0.1, 0.15) is 0 Å². The number of methoxy groups -OCH3 is 2. The van der Waals surface area contributed by atoms with E-state index in [1.54, 1.807) is 28.4 Å². The Morgan fingerprint density at radius 1 is 0.571 bits per heavy atom. The molecule has 0 saturated carbocycles. The zero-order valence-electron chi connectivity index (χ0n) is 31.4. The zero-order chi connectivity index (χ0) is 39.0. The molecule has 0 aromatic heterocycles. The second-order valence-electron chi connectivity index (χ2n) is 9.40. The number of aliphatic hydroxyl groups excluding tert-OH is 4. The van der Waals surface area contributed by atoms with Crippen LogP contribution >= 0.6 is 0 Å². The minimum Gasteiger partial charge on any atom is -0.478 e. The molecule has 0 saturated heterocycles. The fourth-order valence-corrected chi connectivity index (χ4v) is 2.18. The molecule has 0 aliphatic rings. The lowest BCUT2D eigenvalue weighted by molar-refractivity contribution is -0.134. The first-order valence-corrected chi connectivity index (χ1v) is 15.6. The Morgan fingerprint density at radius 3 is 1.14 bits per heavy atom. The summed E-state index contributed by atoms with van der Waals surface area (Å²) in [4.78, 5) is 19.1. The number of carboxylic acid groups (broad SMARTS) is 2. The average Bonchev–Trinajstić information content (AvgIpc) is 3.05. The minimum absolute atomic E-state index is 0.0417. The van der Waals surface area contributed by atoms with E-state index in [4.69, 9.17) is 49.6 Å². The molecule has 49 heavy (non-hydrogen) atoms. The van der Waals surface area contributed by atoms with Gasteiger partial charge in [0.15, 0.2) is 0 Å². The van der Waals surface area contributed by atoms with Crippen molar-refractivity contribution in [3.63, 3.8) is 0 Å². The fraction of sp³-hybridized carbons (Fsp3) is 0.657. The summed E-state index contributed by atoms with van der Waals surface area (Å²) in [5.41, 5.74) is 4.15. The van der Waals surface area contributed by atoms with Crippen molar-refractivity contribution in [1.29, 1.82) is 0 Å². The predicted octanol–water partition coefficient (Wildman–Crippen LogP) is 3.45. The number of ether oxygens (including phenoxy) is 6. The molecule has 0 spiro atoms. The van der Waals surface area contributed by atoms with E-state index in [1.165, 1.54) is 16.7 Å². The molecule has 0 aliphatic heterocycles. The first kappa shape index (κ1) is 58.4. The summed E-state index contributed by atoms with van der Waals surface area (Å²) in [6.45, 7) is 14.1. The quantitative estimate of drug-likeness (QED) is 0.0436. The van der Waals surface area contributed by atoms with E-state index in [1.807, 2.05) is 0 Å². The van der Waals surface area contributed by atoms with Crippen molar-refractivity contribution in [1.82, 2.24) is 0 Å². The molecule has 0 unspecified atom stereocenters. The highest BCUT2D eigenvalue weighted by molar-refractivity contribution is 5.89. The molecule has 0 radical (unpaired) electrons. The van der Waals surface area contributed by atoms with Gasteiger partial charge in [-0.25, -0.2) is 9.59 Å². The zero-order valence-corrected chi connectivity index (χ0v) is 31.4. The van der Waals surface area contributed by atoms with Gasteiger partial charge < -0.3 is 59.1 Å². The molecule has 14 nitrogen and oxygen atoms in total. The van der Waals surface area contributed by atoms with Crippen LogP contribution in [0.3, 0.4) is 0 Å². The molecule has 0 aromatic carbocycles. The normalized spacial score (nSPS) is 10.6. The lowest BCUT2D eigenvalue weighted by Crippen LogP contribution is -2.09. The van der Waals surface area contributed by atoms with Crippen LogP contribution in [0.1, 0.15) is 47.5 Å². The van der Waals surface area contributed by atoms with Gasteiger partial charge >= 0.3 is 11.9 Å². The Hall–Kier alpha value is -2.76. The molecule has 292 valence electrons. The SMILES string of the molecule is CC=C(C)C=CC=C(C)CCC=C(C)C.COC.COC.O=C(O)/C=C\C(=O)O.OCCOCCOCCO.OCCOCCOCCO. The highest BCUT2D eigenvalue weighted by Gasteiger charge is 1.89. The number of carbonyl (C=O) groups is 2. The minimum atomic E-state index is -1.26. The highest BCUT2D eigenvalue weighted by Crippen LogP contribution is 2.07. The van der Waals surface area contributed by atoms with Crippen LogP contribution < -0.4 is 0 Å². The van der Waals surface area contributed by atoms with Crippen molar-refractivity contribution < 1.29 is 68.6 Å². The van der Waals surface area contributed by atoms with E-state index < -0.39 is 11.9 Å². The Bertz CT molecular complexity index is 752. The number of hydrogen-bond acceptors (Lipinski definition) is 12. The fourth-order valence-electron chi connectivity index (χ4n) is 2.18. The molecule has 0 amide bonds. The van der Waals surface area contributed by atoms with Gasteiger partial charge in [0, 0.05) is 40.6 Å². The molecule has 0 fully saturated rings.